The fraction of sp³-hybridized carbons (Fsp3) is 0.188. The van der Waals surface area contributed by atoms with Gasteiger partial charge in [-0.1, -0.05) is 24.3 Å². The van der Waals surface area contributed by atoms with E-state index in [9.17, 15) is 0 Å². The standard InChI is InChI=1S/C16H16N2/c1-18(2)16-9-7-14(8-10-16)11-13-3-5-15(12-17)6-4-13/h3-10H,11H2,1-2H3. The zero-order valence-electron chi connectivity index (χ0n) is 10.7. The van der Waals surface area contributed by atoms with Crippen LogP contribution in [0.2, 0.25) is 0 Å². The fourth-order valence-electron chi connectivity index (χ4n) is 1.84. The summed E-state index contributed by atoms with van der Waals surface area (Å²) < 4.78 is 0. The fourth-order valence-corrected chi connectivity index (χ4v) is 1.84. The van der Waals surface area contributed by atoms with E-state index in [1.165, 1.54) is 16.8 Å². The molecule has 0 amide bonds. The molecule has 18 heavy (non-hydrogen) atoms. The molecular formula is C16H16N2. The van der Waals surface area contributed by atoms with E-state index >= 15 is 0 Å². The van der Waals surface area contributed by atoms with Crippen molar-refractivity contribution in [2.45, 2.75) is 6.42 Å². The van der Waals surface area contributed by atoms with Gasteiger partial charge >= 0.3 is 0 Å². The molecule has 0 aliphatic carbocycles. The zero-order valence-corrected chi connectivity index (χ0v) is 10.7. The van der Waals surface area contributed by atoms with Crippen LogP contribution in [0.15, 0.2) is 48.5 Å². The molecular weight excluding hydrogens is 220 g/mol. The Labute approximate surface area is 108 Å². The van der Waals surface area contributed by atoms with E-state index in [1.54, 1.807) is 0 Å². The van der Waals surface area contributed by atoms with Crippen molar-refractivity contribution in [1.29, 1.82) is 5.26 Å². The second kappa shape index (κ2) is 5.37. The molecule has 0 bridgehead atoms. The van der Waals surface area contributed by atoms with Gasteiger partial charge in [0.05, 0.1) is 11.6 Å². The van der Waals surface area contributed by atoms with Gasteiger partial charge in [0.15, 0.2) is 0 Å². The summed E-state index contributed by atoms with van der Waals surface area (Å²) in [5.41, 5.74) is 4.43. The summed E-state index contributed by atoms with van der Waals surface area (Å²) in [7, 11) is 4.07. The molecule has 90 valence electrons. The molecule has 0 fully saturated rings. The van der Waals surface area contributed by atoms with Crippen LogP contribution in [0, 0.1) is 11.3 Å². The van der Waals surface area contributed by atoms with Gasteiger partial charge in [-0.2, -0.15) is 5.26 Å². The van der Waals surface area contributed by atoms with Crippen molar-refractivity contribution in [2.75, 3.05) is 19.0 Å². The summed E-state index contributed by atoms with van der Waals surface area (Å²) in [6.45, 7) is 0. The van der Waals surface area contributed by atoms with Crippen molar-refractivity contribution in [3.63, 3.8) is 0 Å². The molecule has 0 aliphatic heterocycles. The molecule has 2 nitrogen and oxygen atoms in total. The number of anilines is 1. The Bertz CT molecular complexity index is 545. The van der Waals surface area contributed by atoms with Crippen molar-refractivity contribution in [2.24, 2.45) is 0 Å². The lowest BCUT2D eigenvalue weighted by Crippen LogP contribution is -2.08. The second-order valence-corrected chi connectivity index (χ2v) is 4.55. The number of nitrogens with zero attached hydrogens (tertiary/aromatic N) is 2. The van der Waals surface area contributed by atoms with Gasteiger partial charge in [-0.15, -0.1) is 0 Å². The van der Waals surface area contributed by atoms with Crippen LogP contribution in [0.3, 0.4) is 0 Å². The quantitative estimate of drug-likeness (QED) is 0.818. The van der Waals surface area contributed by atoms with Crippen LogP contribution in [0.1, 0.15) is 16.7 Å². The van der Waals surface area contributed by atoms with E-state index in [0.717, 1.165) is 6.42 Å². The van der Waals surface area contributed by atoms with Gasteiger partial charge in [-0.05, 0) is 41.8 Å². The maximum atomic E-state index is 8.75. The Balaban J connectivity index is 2.11. The Morgan fingerprint density at radius 1 is 0.889 bits per heavy atom. The van der Waals surface area contributed by atoms with Crippen LogP contribution >= 0.6 is 0 Å². The van der Waals surface area contributed by atoms with E-state index in [-0.39, 0.29) is 0 Å². The van der Waals surface area contributed by atoms with Gasteiger partial charge in [0.1, 0.15) is 0 Å². The van der Waals surface area contributed by atoms with Crippen LogP contribution in [0.5, 0.6) is 0 Å². The van der Waals surface area contributed by atoms with Crippen molar-refractivity contribution < 1.29 is 0 Å². The molecule has 0 aliphatic rings. The highest BCUT2D eigenvalue weighted by Crippen LogP contribution is 2.15. The third-order valence-corrected chi connectivity index (χ3v) is 2.94. The van der Waals surface area contributed by atoms with Gasteiger partial charge < -0.3 is 4.90 Å². The molecule has 2 aromatic rings. The first kappa shape index (κ1) is 12.2. The minimum atomic E-state index is 0.710. The smallest absolute Gasteiger partial charge is 0.0991 e. The first-order valence-electron chi connectivity index (χ1n) is 5.94. The lowest BCUT2D eigenvalue weighted by molar-refractivity contribution is 1.12. The molecule has 0 heterocycles. The average Bonchev–Trinajstić information content (AvgIpc) is 2.40. The van der Waals surface area contributed by atoms with Crippen LogP contribution in [-0.2, 0) is 6.42 Å². The first-order chi connectivity index (χ1) is 8.69. The van der Waals surface area contributed by atoms with Gasteiger partial charge in [0, 0.05) is 19.8 Å². The lowest BCUT2D eigenvalue weighted by Gasteiger charge is -2.12. The maximum Gasteiger partial charge on any atom is 0.0991 e. The summed E-state index contributed by atoms with van der Waals surface area (Å²) in [5.74, 6) is 0. The molecule has 2 aromatic carbocycles. The molecule has 0 spiro atoms. The summed E-state index contributed by atoms with van der Waals surface area (Å²) in [6.07, 6.45) is 0.902. The number of hydrogen-bond donors (Lipinski definition) is 0. The SMILES string of the molecule is CN(C)c1ccc(Cc2ccc(C#N)cc2)cc1. The minimum absolute atomic E-state index is 0.710. The Hall–Kier alpha value is -2.27. The number of hydrogen-bond acceptors (Lipinski definition) is 2. The second-order valence-electron chi connectivity index (χ2n) is 4.55. The summed E-state index contributed by atoms with van der Waals surface area (Å²) in [5, 5.41) is 8.75. The molecule has 2 heteroatoms. The lowest BCUT2D eigenvalue weighted by atomic mass is 10.0. The third kappa shape index (κ3) is 2.89. The molecule has 0 unspecified atom stereocenters. The predicted octanol–water partition coefficient (Wildman–Crippen LogP) is 3.22. The largest absolute Gasteiger partial charge is 0.378 e. The monoisotopic (exact) mass is 236 g/mol. The van der Waals surface area contributed by atoms with Gasteiger partial charge in [-0.3, -0.25) is 0 Å². The van der Waals surface area contributed by atoms with E-state index in [4.69, 9.17) is 5.26 Å². The number of nitriles is 1. The van der Waals surface area contributed by atoms with Gasteiger partial charge in [0.2, 0.25) is 0 Å². The molecule has 0 atom stereocenters. The number of rotatable bonds is 3. The molecule has 0 N–H and O–H groups in total. The van der Waals surface area contributed by atoms with Crippen molar-refractivity contribution in [3.05, 3.63) is 65.2 Å². The van der Waals surface area contributed by atoms with Crippen LogP contribution in [-0.4, -0.2) is 14.1 Å². The Morgan fingerprint density at radius 2 is 1.39 bits per heavy atom. The topological polar surface area (TPSA) is 27.0 Å². The molecule has 0 radical (unpaired) electrons. The van der Waals surface area contributed by atoms with Crippen molar-refractivity contribution >= 4 is 5.69 Å². The highest BCUT2D eigenvalue weighted by atomic mass is 15.1. The van der Waals surface area contributed by atoms with Crippen molar-refractivity contribution in [3.8, 4) is 6.07 Å². The van der Waals surface area contributed by atoms with Crippen LogP contribution < -0.4 is 4.90 Å². The van der Waals surface area contributed by atoms with Gasteiger partial charge in [0.25, 0.3) is 0 Å². The predicted molar refractivity (Wildman–Crippen MR) is 74.7 cm³/mol. The molecule has 0 saturated heterocycles. The highest BCUT2D eigenvalue weighted by Gasteiger charge is 1.99. The maximum absolute atomic E-state index is 8.75. The third-order valence-electron chi connectivity index (χ3n) is 2.94. The zero-order chi connectivity index (χ0) is 13.0. The van der Waals surface area contributed by atoms with E-state index < -0.39 is 0 Å². The Morgan fingerprint density at radius 3 is 1.83 bits per heavy atom. The molecule has 2 rings (SSSR count). The van der Waals surface area contributed by atoms with Gasteiger partial charge in [-0.25, -0.2) is 0 Å². The average molecular weight is 236 g/mol. The summed E-state index contributed by atoms with van der Waals surface area (Å²) >= 11 is 0. The molecule has 0 aromatic heterocycles. The van der Waals surface area contributed by atoms with E-state index in [2.05, 4.69) is 35.2 Å². The minimum Gasteiger partial charge on any atom is -0.378 e. The number of benzene rings is 2. The first-order valence-corrected chi connectivity index (χ1v) is 5.94. The van der Waals surface area contributed by atoms with E-state index in [1.807, 2.05) is 38.4 Å². The summed E-state index contributed by atoms with van der Waals surface area (Å²) in [4.78, 5) is 2.09. The summed E-state index contributed by atoms with van der Waals surface area (Å²) in [6, 6.07) is 18.4. The highest BCUT2D eigenvalue weighted by molar-refractivity contribution is 5.46. The molecule has 0 saturated carbocycles. The van der Waals surface area contributed by atoms with Crippen LogP contribution in [0.4, 0.5) is 5.69 Å². The van der Waals surface area contributed by atoms with Crippen LogP contribution in [0.25, 0.3) is 0 Å². The van der Waals surface area contributed by atoms with Crippen molar-refractivity contribution in [1.82, 2.24) is 0 Å². The Kier molecular flexibility index (Phi) is 3.64. The normalized spacial score (nSPS) is 9.83. The van der Waals surface area contributed by atoms with E-state index in [0.29, 0.717) is 5.56 Å².